The van der Waals surface area contributed by atoms with Gasteiger partial charge in [-0.15, -0.1) is 0 Å². The fourth-order valence-corrected chi connectivity index (χ4v) is 12.2. The third-order valence-electron chi connectivity index (χ3n) is 15.1. The first-order valence-electron chi connectivity index (χ1n) is 28.0. The van der Waals surface area contributed by atoms with Crippen molar-refractivity contribution in [1.82, 2.24) is 0 Å². The number of hydrogen-bond acceptors (Lipinski definition) is 6. The third-order valence-corrected chi connectivity index (χ3v) is 15.1. The standard InChI is InChI=1S/C17H36O2.2C16H26O.C14H30O2/c1-8-17(18,9-2)11-10-12-19-15(7)16(13(3)4)14(5)6;1-11(2)16(12(3)4)13(5)10-14-6-8-15(17)9-7-14;1-11(2)16(12(3)4)13(5)9-14-7-6-8-15(17)10-14;1-10(2)13(11(3)4)12(5)16-9-8-14(6,7)15/h13-16,18H,8-12H2,1-7H3;6-9,11-13,16-17H,10H2,1-5H3;6-8,10-13,16-17H,9H2,1-5H3;10-13,15H,8-9H2,1-7H3. The van der Waals surface area contributed by atoms with E-state index in [0.29, 0.717) is 89.8 Å². The van der Waals surface area contributed by atoms with Gasteiger partial charge in [0.2, 0.25) is 0 Å². The zero-order chi connectivity index (χ0) is 54.0. The Morgan fingerprint density at radius 2 is 0.797 bits per heavy atom. The van der Waals surface area contributed by atoms with Crippen molar-refractivity contribution in [1.29, 1.82) is 0 Å². The van der Waals surface area contributed by atoms with Crippen LogP contribution < -0.4 is 0 Å². The van der Waals surface area contributed by atoms with Gasteiger partial charge in [0.25, 0.3) is 0 Å². The Labute approximate surface area is 430 Å². The van der Waals surface area contributed by atoms with Crippen LogP contribution in [0, 0.1) is 82.9 Å². The van der Waals surface area contributed by atoms with E-state index in [-0.39, 0.29) is 6.10 Å². The van der Waals surface area contributed by atoms with Crippen LogP contribution in [0.15, 0.2) is 48.5 Å². The molecule has 0 fully saturated rings. The number of ether oxygens (including phenoxy) is 2. The van der Waals surface area contributed by atoms with Crippen LogP contribution >= 0.6 is 0 Å². The molecular formula is C63H118O6. The average Bonchev–Trinajstić information content (AvgIpc) is 3.19. The highest BCUT2D eigenvalue weighted by Gasteiger charge is 2.28. The molecule has 0 aromatic heterocycles. The lowest BCUT2D eigenvalue weighted by molar-refractivity contribution is -0.0346. The summed E-state index contributed by atoms with van der Waals surface area (Å²) in [6, 6.07) is 15.3. The molecule has 0 bridgehead atoms. The summed E-state index contributed by atoms with van der Waals surface area (Å²) in [5, 5.41) is 38.6. The smallest absolute Gasteiger partial charge is 0.115 e. The summed E-state index contributed by atoms with van der Waals surface area (Å²) < 4.78 is 11.8. The molecule has 4 N–H and O–H groups in total. The van der Waals surface area contributed by atoms with Gasteiger partial charge < -0.3 is 29.9 Å². The highest BCUT2D eigenvalue weighted by molar-refractivity contribution is 5.27. The molecule has 0 aliphatic rings. The normalized spacial score (nSPS) is 14.3. The Bertz CT molecular complexity index is 1480. The number of phenolic OH excluding ortho intramolecular Hbond substituents is 2. The van der Waals surface area contributed by atoms with Gasteiger partial charge in [0, 0.05) is 13.2 Å². The number of aliphatic hydroxyl groups is 2. The molecule has 0 aliphatic heterocycles. The summed E-state index contributed by atoms with van der Waals surface area (Å²) in [5.74, 6) is 10.2. The Kier molecular flexibility index (Phi) is 35.1. The fourth-order valence-electron chi connectivity index (χ4n) is 12.2. The molecule has 0 amide bonds. The molecule has 0 aliphatic carbocycles. The highest BCUT2D eigenvalue weighted by Crippen LogP contribution is 2.33. The van der Waals surface area contributed by atoms with Crippen molar-refractivity contribution in [2.24, 2.45) is 82.9 Å². The summed E-state index contributed by atoms with van der Waals surface area (Å²) >= 11 is 0. The predicted molar refractivity (Wildman–Crippen MR) is 301 cm³/mol. The largest absolute Gasteiger partial charge is 0.508 e. The first-order chi connectivity index (χ1) is 31.7. The SMILES string of the molecule is CC(C)C(C(C)C)C(C)Cc1ccc(O)cc1.CC(C)C(C(C)C)C(C)Cc1cccc(O)c1.CC(C)C(C(C)C)C(C)OCCC(C)(C)O.CCC(O)(CC)CCCOC(C)C(C(C)C)C(C)C. The van der Waals surface area contributed by atoms with Crippen molar-refractivity contribution in [3.05, 3.63) is 59.7 Å². The maximum absolute atomic E-state index is 10.2. The molecule has 0 spiro atoms. The van der Waals surface area contributed by atoms with Crippen molar-refractivity contribution < 1.29 is 29.9 Å². The monoisotopic (exact) mass is 971 g/mol. The number of aromatic hydroxyl groups is 2. The fraction of sp³-hybridized carbons (Fsp3) is 0.810. The molecule has 2 aromatic carbocycles. The van der Waals surface area contributed by atoms with Gasteiger partial charge >= 0.3 is 0 Å². The van der Waals surface area contributed by atoms with Crippen LogP contribution in [0.1, 0.15) is 209 Å². The topological polar surface area (TPSA) is 99.4 Å². The molecular weight excluding hydrogens is 853 g/mol. The summed E-state index contributed by atoms with van der Waals surface area (Å²) in [5.41, 5.74) is 1.46. The second kappa shape index (κ2) is 35.1. The van der Waals surface area contributed by atoms with Crippen molar-refractivity contribution in [2.75, 3.05) is 13.2 Å². The van der Waals surface area contributed by atoms with Crippen molar-refractivity contribution in [3.8, 4) is 11.5 Å². The maximum atomic E-state index is 10.2. The molecule has 2 rings (SSSR count). The van der Waals surface area contributed by atoms with Gasteiger partial charge in [-0.05, 0) is 191 Å². The van der Waals surface area contributed by atoms with E-state index in [1.807, 2.05) is 38.1 Å². The van der Waals surface area contributed by atoms with Gasteiger partial charge in [-0.2, -0.15) is 0 Å². The number of phenols is 2. The van der Waals surface area contributed by atoms with Crippen LogP contribution in [0.25, 0.3) is 0 Å². The Hall–Kier alpha value is -2.12. The molecule has 0 radical (unpaired) electrons. The second-order valence-corrected chi connectivity index (χ2v) is 24.7. The van der Waals surface area contributed by atoms with Gasteiger partial charge in [-0.25, -0.2) is 0 Å². The molecule has 2 aromatic rings. The van der Waals surface area contributed by atoms with Crippen molar-refractivity contribution >= 4 is 0 Å². The summed E-state index contributed by atoms with van der Waals surface area (Å²) in [6.45, 7) is 54.8. The van der Waals surface area contributed by atoms with Crippen molar-refractivity contribution in [3.63, 3.8) is 0 Å². The minimum absolute atomic E-state index is 0.266. The number of rotatable bonds is 27. The van der Waals surface area contributed by atoms with E-state index in [4.69, 9.17) is 9.47 Å². The van der Waals surface area contributed by atoms with E-state index in [2.05, 4.69) is 158 Å². The first kappa shape index (κ1) is 69.0. The zero-order valence-corrected chi connectivity index (χ0v) is 49.8. The Morgan fingerprint density at radius 3 is 1.13 bits per heavy atom. The summed E-state index contributed by atoms with van der Waals surface area (Å²) in [6.07, 6.45) is 6.88. The number of hydrogen-bond donors (Lipinski definition) is 4. The quantitative estimate of drug-likeness (QED) is 0.0666. The molecule has 406 valence electrons. The summed E-state index contributed by atoms with van der Waals surface area (Å²) in [7, 11) is 0. The van der Waals surface area contributed by atoms with Crippen LogP contribution in [-0.4, -0.2) is 57.0 Å². The lowest BCUT2D eigenvalue weighted by Crippen LogP contribution is -2.31. The van der Waals surface area contributed by atoms with Crippen molar-refractivity contribution in [2.45, 2.75) is 235 Å². The predicted octanol–water partition coefficient (Wildman–Crippen LogP) is 17.1. The third kappa shape index (κ3) is 29.9. The van der Waals surface area contributed by atoms with Crippen LogP contribution in [0.2, 0.25) is 0 Å². The molecule has 0 saturated heterocycles. The van der Waals surface area contributed by atoms with E-state index >= 15 is 0 Å². The van der Waals surface area contributed by atoms with E-state index < -0.39 is 11.2 Å². The van der Waals surface area contributed by atoms with Gasteiger partial charge in [-0.1, -0.05) is 163 Å². The van der Waals surface area contributed by atoms with Crippen LogP contribution in [0.3, 0.4) is 0 Å². The van der Waals surface area contributed by atoms with Gasteiger partial charge in [0.1, 0.15) is 11.5 Å². The minimum Gasteiger partial charge on any atom is -0.508 e. The molecule has 6 heteroatoms. The Balaban J connectivity index is 0. The Morgan fingerprint density at radius 1 is 0.435 bits per heavy atom. The summed E-state index contributed by atoms with van der Waals surface area (Å²) in [4.78, 5) is 0. The molecule has 6 nitrogen and oxygen atoms in total. The molecule has 0 saturated carbocycles. The average molecular weight is 972 g/mol. The minimum atomic E-state index is -0.620. The van der Waals surface area contributed by atoms with Crippen LogP contribution in [-0.2, 0) is 22.3 Å². The number of benzene rings is 2. The van der Waals surface area contributed by atoms with E-state index in [9.17, 15) is 20.4 Å². The van der Waals surface area contributed by atoms with Gasteiger partial charge in [-0.3, -0.25) is 0 Å². The first-order valence-corrected chi connectivity index (χ1v) is 28.0. The molecule has 69 heavy (non-hydrogen) atoms. The van der Waals surface area contributed by atoms with Gasteiger partial charge in [0.15, 0.2) is 0 Å². The molecule has 4 atom stereocenters. The van der Waals surface area contributed by atoms with Gasteiger partial charge in [0.05, 0.1) is 23.4 Å². The lowest BCUT2D eigenvalue weighted by atomic mass is 9.74. The maximum Gasteiger partial charge on any atom is 0.115 e. The van der Waals surface area contributed by atoms with E-state index in [1.54, 1.807) is 18.2 Å². The molecule has 4 unspecified atom stereocenters. The zero-order valence-electron chi connectivity index (χ0n) is 49.8. The van der Waals surface area contributed by atoms with Crippen LogP contribution in [0.4, 0.5) is 0 Å². The molecule has 0 heterocycles. The lowest BCUT2D eigenvalue weighted by Gasteiger charge is -2.31. The van der Waals surface area contributed by atoms with E-state index in [0.717, 1.165) is 68.8 Å². The highest BCUT2D eigenvalue weighted by atomic mass is 16.5. The van der Waals surface area contributed by atoms with E-state index in [1.165, 1.54) is 11.1 Å². The van der Waals surface area contributed by atoms with Crippen LogP contribution in [0.5, 0.6) is 11.5 Å². The second-order valence-electron chi connectivity index (χ2n) is 24.7.